The number of benzene rings is 3. The highest BCUT2D eigenvalue weighted by Gasteiger charge is 2.04. The highest BCUT2D eigenvalue weighted by molar-refractivity contribution is 5.59. The SMILES string of the molecule is COc1ccc(N=Nc2ccc(N=Nc3cc(C)c(N)cc3C)cc2C)c(C)c1. The number of nitrogen functional groups attached to an aromatic ring is 1. The lowest BCUT2D eigenvalue weighted by atomic mass is 10.1. The maximum Gasteiger partial charge on any atom is 0.119 e. The van der Waals surface area contributed by atoms with Crippen molar-refractivity contribution in [1.29, 1.82) is 0 Å². The zero-order valence-electron chi connectivity index (χ0n) is 17.4. The zero-order valence-corrected chi connectivity index (χ0v) is 17.4. The van der Waals surface area contributed by atoms with Gasteiger partial charge in [0, 0.05) is 5.69 Å². The Morgan fingerprint density at radius 2 is 1.21 bits per heavy atom. The van der Waals surface area contributed by atoms with Crippen molar-refractivity contribution in [2.75, 3.05) is 12.8 Å². The Labute approximate surface area is 171 Å². The van der Waals surface area contributed by atoms with E-state index in [1.54, 1.807) is 7.11 Å². The molecule has 0 aliphatic rings. The number of aryl methyl sites for hydroxylation is 4. The second kappa shape index (κ2) is 8.65. The maximum atomic E-state index is 5.93. The fourth-order valence-corrected chi connectivity index (χ4v) is 2.83. The van der Waals surface area contributed by atoms with Crippen LogP contribution in [0.25, 0.3) is 0 Å². The largest absolute Gasteiger partial charge is 0.497 e. The van der Waals surface area contributed by atoms with Gasteiger partial charge in [-0.25, -0.2) is 0 Å². The van der Waals surface area contributed by atoms with Crippen molar-refractivity contribution >= 4 is 28.4 Å². The summed E-state index contributed by atoms with van der Waals surface area (Å²) in [6.07, 6.45) is 0. The number of nitrogens with two attached hydrogens (primary N) is 1. The first kappa shape index (κ1) is 20.2. The third-order valence-electron chi connectivity index (χ3n) is 4.71. The normalized spacial score (nSPS) is 11.5. The van der Waals surface area contributed by atoms with Gasteiger partial charge in [-0.05, 0) is 98.5 Å². The molecule has 0 saturated carbocycles. The average Bonchev–Trinajstić information content (AvgIpc) is 2.69. The molecule has 0 unspecified atom stereocenters. The fourth-order valence-electron chi connectivity index (χ4n) is 2.83. The molecule has 0 aliphatic carbocycles. The van der Waals surface area contributed by atoms with E-state index in [0.717, 1.165) is 56.4 Å². The van der Waals surface area contributed by atoms with Crippen LogP contribution in [0.15, 0.2) is 69.0 Å². The highest BCUT2D eigenvalue weighted by Crippen LogP contribution is 2.30. The zero-order chi connectivity index (χ0) is 21.0. The van der Waals surface area contributed by atoms with Crippen molar-refractivity contribution in [3.8, 4) is 5.75 Å². The Morgan fingerprint density at radius 1 is 0.621 bits per heavy atom. The summed E-state index contributed by atoms with van der Waals surface area (Å²) in [5, 5.41) is 17.5. The van der Waals surface area contributed by atoms with Gasteiger partial charge in [-0.2, -0.15) is 20.5 Å². The molecule has 0 aromatic heterocycles. The van der Waals surface area contributed by atoms with E-state index >= 15 is 0 Å². The van der Waals surface area contributed by atoms with Gasteiger partial charge >= 0.3 is 0 Å². The van der Waals surface area contributed by atoms with Crippen molar-refractivity contribution in [2.24, 2.45) is 20.5 Å². The summed E-state index contributed by atoms with van der Waals surface area (Å²) in [6.45, 7) is 7.89. The summed E-state index contributed by atoms with van der Waals surface area (Å²) >= 11 is 0. The van der Waals surface area contributed by atoms with Gasteiger partial charge in [0.2, 0.25) is 0 Å². The molecule has 6 heteroatoms. The lowest BCUT2D eigenvalue weighted by molar-refractivity contribution is 0.414. The van der Waals surface area contributed by atoms with Gasteiger partial charge in [-0.15, -0.1) is 0 Å². The van der Waals surface area contributed by atoms with Crippen molar-refractivity contribution in [1.82, 2.24) is 0 Å². The first-order valence-corrected chi connectivity index (χ1v) is 9.33. The van der Waals surface area contributed by atoms with Crippen molar-refractivity contribution in [3.63, 3.8) is 0 Å². The van der Waals surface area contributed by atoms with E-state index in [4.69, 9.17) is 10.5 Å². The predicted octanol–water partition coefficient (Wildman–Crippen LogP) is 7.34. The minimum atomic E-state index is 0.760. The molecule has 0 amide bonds. The molecular formula is C23H25N5O. The molecule has 29 heavy (non-hydrogen) atoms. The number of ether oxygens (including phenoxy) is 1. The molecule has 0 spiro atoms. The van der Waals surface area contributed by atoms with Gasteiger partial charge < -0.3 is 10.5 Å². The molecule has 148 valence electrons. The molecule has 0 saturated heterocycles. The number of rotatable bonds is 5. The minimum absolute atomic E-state index is 0.760. The highest BCUT2D eigenvalue weighted by atomic mass is 16.5. The van der Waals surface area contributed by atoms with E-state index in [0.29, 0.717) is 0 Å². The third-order valence-corrected chi connectivity index (χ3v) is 4.71. The molecule has 0 fully saturated rings. The van der Waals surface area contributed by atoms with Gasteiger partial charge in [0.15, 0.2) is 0 Å². The van der Waals surface area contributed by atoms with E-state index in [9.17, 15) is 0 Å². The van der Waals surface area contributed by atoms with Crippen LogP contribution in [0.5, 0.6) is 5.75 Å². The smallest absolute Gasteiger partial charge is 0.119 e. The van der Waals surface area contributed by atoms with E-state index < -0.39 is 0 Å². The number of azo groups is 2. The van der Waals surface area contributed by atoms with Gasteiger partial charge in [0.1, 0.15) is 5.75 Å². The molecule has 3 aromatic carbocycles. The number of nitrogens with zero attached hydrogens (tertiary/aromatic N) is 4. The van der Waals surface area contributed by atoms with Crippen molar-refractivity contribution in [2.45, 2.75) is 27.7 Å². The van der Waals surface area contributed by atoms with Crippen molar-refractivity contribution in [3.05, 3.63) is 70.8 Å². The summed E-state index contributed by atoms with van der Waals surface area (Å²) in [7, 11) is 1.65. The molecule has 3 rings (SSSR count). The number of hydrogen-bond acceptors (Lipinski definition) is 6. The number of methoxy groups -OCH3 is 1. The second-order valence-corrected chi connectivity index (χ2v) is 7.02. The molecular weight excluding hydrogens is 362 g/mol. The van der Waals surface area contributed by atoms with Crippen LogP contribution in [0.4, 0.5) is 28.4 Å². The Bertz CT molecular complexity index is 1100. The molecule has 6 nitrogen and oxygen atoms in total. The van der Waals surface area contributed by atoms with Gasteiger partial charge in [-0.3, -0.25) is 0 Å². The van der Waals surface area contributed by atoms with Gasteiger partial charge in [0.25, 0.3) is 0 Å². The Kier molecular flexibility index (Phi) is 6.02. The first-order chi connectivity index (χ1) is 13.9. The summed E-state index contributed by atoms with van der Waals surface area (Å²) in [5.74, 6) is 0.805. The molecule has 2 N–H and O–H groups in total. The molecule has 0 atom stereocenters. The molecule has 0 aliphatic heterocycles. The Hall–Kier alpha value is -3.54. The first-order valence-electron chi connectivity index (χ1n) is 9.33. The summed E-state index contributed by atoms with van der Waals surface area (Å²) in [5.41, 5.74) is 13.8. The second-order valence-electron chi connectivity index (χ2n) is 7.02. The maximum absolute atomic E-state index is 5.93. The summed E-state index contributed by atoms with van der Waals surface area (Å²) < 4.78 is 5.22. The lowest BCUT2D eigenvalue weighted by Crippen LogP contribution is -1.89. The molecule has 0 radical (unpaired) electrons. The van der Waals surface area contributed by atoms with Crippen LogP contribution in [0.3, 0.4) is 0 Å². The van der Waals surface area contributed by atoms with Crippen LogP contribution < -0.4 is 10.5 Å². The fraction of sp³-hybridized carbons (Fsp3) is 0.217. The lowest BCUT2D eigenvalue weighted by Gasteiger charge is -2.05. The van der Waals surface area contributed by atoms with Crippen LogP contribution in [0, 0.1) is 27.7 Å². The van der Waals surface area contributed by atoms with Crippen LogP contribution in [0.2, 0.25) is 0 Å². The van der Waals surface area contributed by atoms with Crippen LogP contribution in [0.1, 0.15) is 22.3 Å². The summed E-state index contributed by atoms with van der Waals surface area (Å²) in [6, 6.07) is 15.3. The third kappa shape index (κ3) is 4.85. The topological polar surface area (TPSA) is 84.7 Å². The molecule has 3 aromatic rings. The average molecular weight is 387 g/mol. The van der Waals surface area contributed by atoms with E-state index in [-0.39, 0.29) is 0 Å². The Balaban J connectivity index is 1.79. The molecule has 0 heterocycles. The quantitative estimate of drug-likeness (QED) is 0.367. The van der Waals surface area contributed by atoms with Gasteiger partial charge in [0.05, 0.1) is 29.9 Å². The van der Waals surface area contributed by atoms with Crippen LogP contribution >= 0.6 is 0 Å². The molecule has 0 bridgehead atoms. The minimum Gasteiger partial charge on any atom is -0.497 e. The number of anilines is 1. The van der Waals surface area contributed by atoms with Crippen molar-refractivity contribution < 1.29 is 4.74 Å². The summed E-state index contributed by atoms with van der Waals surface area (Å²) in [4.78, 5) is 0. The van der Waals surface area contributed by atoms with E-state index in [1.807, 2.05) is 76.2 Å². The van der Waals surface area contributed by atoms with Gasteiger partial charge in [-0.1, -0.05) is 0 Å². The van der Waals surface area contributed by atoms with Crippen LogP contribution in [-0.4, -0.2) is 7.11 Å². The van der Waals surface area contributed by atoms with E-state index in [2.05, 4.69) is 20.5 Å². The monoisotopic (exact) mass is 387 g/mol. The van der Waals surface area contributed by atoms with Crippen LogP contribution in [-0.2, 0) is 0 Å². The predicted molar refractivity (Wildman–Crippen MR) is 118 cm³/mol. The Morgan fingerprint density at radius 3 is 1.83 bits per heavy atom. The van der Waals surface area contributed by atoms with E-state index in [1.165, 1.54) is 0 Å². The number of hydrogen-bond donors (Lipinski definition) is 1. The standard InChI is InChI=1S/C23H25N5O/c1-14-13-23(17(4)12-20(14)24)28-25-18-6-8-21(15(2)10-18)26-27-22-9-7-19(29-5)11-16(22)3/h6-13H,24H2,1-5H3.